The van der Waals surface area contributed by atoms with Crippen molar-refractivity contribution in [3.05, 3.63) is 27.7 Å². The maximum Gasteiger partial charge on any atom is 0.268 e. The fraction of sp³-hybridized carbons (Fsp3) is 0.222. The van der Waals surface area contributed by atoms with Gasteiger partial charge in [0.25, 0.3) is 5.56 Å². The second kappa shape index (κ2) is 3.68. The number of hydrogen-bond acceptors (Lipinski definition) is 3. The first-order valence-corrected chi connectivity index (χ1v) is 3.81. The van der Waals surface area contributed by atoms with Crippen LogP contribution in [0.25, 0.3) is 0 Å². The van der Waals surface area contributed by atoms with Gasteiger partial charge in [0.05, 0.1) is 5.69 Å². The van der Waals surface area contributed by atoms with E-state index >= 15 is 0 Å². The van der Waals surface area contributed by atoms with Gasteiger partial charge in [-0.2, -0.15) is 5.26 Å². The molecule has 0 aliphatic carbocycles. The molecule has 1 heterocycles. The number of pyridine rings is 1. The van der Waals surface area contributed by atoms with Crippen molar-refractivity contribution in [3.8, 4) is 6.07 Å². The first-order chi connectivity index (χ1) is 6.19. The molecule has 1 aromatic rings. The molecule has 0 aliphatic rings. The van der Waals surface area contributed by atoms with E-state index in [9.17, 15) is 4.79 Å². The Labute approximate surface area is 75.6 Å². The highest BCUT2D eigenvalue weighted by atomic mass is 16.1. The predicted octanol–water partition coefficient (Wildman–Crippen LogP) is 1.28. The van der Waals surface area contributed by atoms with E-state index in [2.05, 4.69) is 9.98 Å². The van der Waals surface area contributed by atoms with Crippen LogP contribution in [0.1, 0.15) is 18.2 Å². The summed E-state index contributed by atoms with van der Waals surface area (Å²) in [7, 11) is 0. The zero-order valence-corrected chi connectivity index (χ0v) is 7.46. The van der Waals surface area contributed by atoms with E-state index in [-0.39, 0.29) is 11.1 Å². The van der Waals surface area contributed by atoms with Crippen LogP contribution in [0.5, 0.6) is 0 Å². The average molecular weight is 175 g/mol. The van der Waals surface area contributed by atoms with Crippen molar-refractivity contribution in [1.82, 2.24) is 4.98 Å². The number of rotatable bonds is 1. The molecule has 13 heavy (non-hydrogen) atoms. The van der Waals surface area contributed by atoms with Crippen LogP contribution in [0.4, 0.5) is 5.69 Å². The molecule has 0 atom stereocenters. The van der Waals surface area contributed by atoms with Crippen molar-refractivity contribution < 1.29 is 0 Å². The normalized spacial score (nSPS) is 10.2. The maximum atomic E-state index is 11.2. The van der Waals surface area contributed by atoms with Crippen LogP contribution in [0.3, 0.4) is 0 Å². The van der Waals surface area contributed by atoms with Crippen LogP contribution in [0, 0.1) is 18.3 Å². The number of aromatic amines is 1. The standard InChI is InChI=1S/C9H9N3O/c1-3-11-8-4-6(2)12-9(13)7(8)5-10/h3-4H,1-2H3,(H,12,13). The number of hydrogen-bond donors (Lipinski definition) is 1. The molecule has 66 valence electrons. The van der Waals surface area contributed by atoms with Gasteiger partial charge in [-0.25, -0.2) is 0 Å². The highest BCUT2D eigenvalue weighted by Gasteiger charge is 2.05. The molecule has 0 unspecified atom stereocenters. The Hall–Kier alpha value is -1.89. The lowest BCUT2D eigenvalue weighted by atomic mass is 10.2. The first kappa shape index (κ1) is 9.20. The Balaban J connectivity index is 3.50. The Morgan fingerprint density at radius 1 is 1.69 bits per heavy atom. The van der Waals surface area contributed by atoms with Gasteiger partial charge < -0.3 is 4.98 Å². The third-order valence-electron chi connectivity index (χ3n) is 1.53. The van der Waals surface area contributed by atoms with Gasteiger partial charge in [0, 0.05) is 11.9 Å². The SMILES string of the molecule is CC=Nc1cc(C)[nH]c(=O)c1C#N. The molecule has 0 radical (unpaired) electrons. The largest absolute Gasteiger partial charge is 0.325 e. The summed E-state index contributed by atoms with van der Waals surface area (Å²) >= 11 is 0. The lowest BCUT2D eigenvalue weighted by Gasteiger charge is -1.97. The van der Waals surface area contributed by atoms with Gasteiger partial charge in [-0.1, -0.05) is 0 Å². The van der Waals surface area contributed by atoms with Crippen molar-refractivity contribution in [1.29, 1.82) is 5.26 Å². The minimum absolute atomic E-state index is 0.0590. The summed E-state index contributed by atoms with van der Waals surface area (Å²) in [6.07, 6.45) is 1.55. The summed E-state index contributed by atoms with van der Waals surface area (Å²) in [5.74, 6) is 0. The number of H-pyrrole nitrogens is 1. The Bertz CT molecular complexity index is 437. The van der Waals surface area contributed by atoms with E-state index in [0.717, 1.165) is 0 Å². The van der Waals surface area contributed by atoms with E-state index in [1.54, 1.807) is 26.1 Å². The van der Waals surface area contributed by atoms with Crippen LogP contribution in [0.2, 0.25) is 0 Å². The summed E-state index contributed by atoms with van der Waals surface area (Å²) in [4.78, 5) is 17.7. The summed E-state index contributed by atoms with van der Waals surface area (Å²) in [5.41, 5.74) is 0.794. The summed E-state index contributed by atoms with van der Waals surface area (Å²) in [6, 6.07) is 3.48. The zero-order valence-electron chi connectivity index (χ0n) is 7.46. The molecule has 0 saturated heterocycles. The van der Waals surface area contributed by atoms with Gasteiger partial charge in [0.2, 0.25) is 0 Å². The smallest absolute Gasteiger partial charge is 0.268 e. The van der Waals surface area contributed by atoms with E-state index < -0.39 is 0 Å². The van der Waals surface area contributed by atoms with E-state index in [4.69, 9.17) is 5.26 Å². The second-order valence-electron chi connectivity index (χ2n) is 2.54. The minimum atomic E-state index is -0.386. The molecule has 0 saturated carbocycles. The van der Waals surface area contributed by atoms with Gasteiger partial charge in [0.15, 0.2) is 0 Å². The molecule has 1 N–H and O–H groups in total. The second-order valence-corrected chi connectivity index (χ2v) is 2.54. The van der Waals surface area contributed by atoms with E-state index in [1.165, 1.54) is 0 Å². The fourth-order valence-corrected chi connectivity index (χ4v) is 1.02. The molecule has 0 aliphatic heterocycles. The fourth-order valence-electron chi connectivity index (χ4n) is 1.02. The Morgan fingerprint density at radius 3 is 2.92 bits per heavy atom. The number of nitriles is 1. The monoisotopic (exact) mass is 175 g/mol. The molecular formula is C9H9N3O. The summed E-state index contributed by atoms with van der Waals surface area (Å²) < 4.78 is 0. The van der Waals surface area contributed by atoms with Crippen molar-refractivity contribution in [3.63, 3.8) is 0 Å². The number of aryl methyl sites for hydroxylation is 1. The minimum Gasteiger partial charge on any atom is -0.325 e. The van der Waals surface area contributed by atoms with Gasteiger partial charge in [-0.05, 0) is 19.9 Å². The van der Waals surface area contributed by atoms with Crippen molar-refractivity contribution in [2.24, 2.45) is 4.99 Å². The number of nitrogens with one attached hydrogen (secondary N) is 1. The summed E-state index contributed by atoms with van der Waals surface area (Å²) in [6.45, 7) is 3.48. The van der Waals surface area contributed by atoms with E-state index in [0.29, 0.717) is 11.4 Å². The van der Waals surface area contributed by atoms with Gasteiger partial charge in [-0.15, -0.1) is 0 Å². The molecular weight excluding hydrogens is 166 g/mol. The number of aromatic nitrogens is 1. The molecule has 1 aromatic heterocycles. The van der Waals surface area contributed by atoms with Crippen LogP contribution < -0.4 is 5.56 Å². The third-order valence-corrected chi connectivity index (χ3v) is 1.53. The van der Waals surface area contributed by atoms with Crippen molar-refractivity contribution in [2.45, 2.75) is 13.8 Å². The summed E-state index contributed by atoms with van der Waals surface area (Å²) in [5, 5.41) is 8.67. The molecule has 0 bridgehead atoms. The van der Waals surface area contributed by atoms with E-state index in [1.807, 2.05) is 6.07 Å². The maximum absolute atomic E-state index is 11.2. The first-order valence-electron chi connectivity index (χ1n) is 3.81. The molecule has 0 spiro atoms. The topological polar surface area (TPSA) is 69.0 Å². The van der Waals surface area contributed by atoms with Crippen molar-refractivity contribution in [2.75, 3.05) is 0 Å². The lowest BCUT2D eigenvalue weighted by Crippen LogP contribution is -2.10. The predicted molar refractivity (Wildman–Crippen MR) is 50.3 cm³/mol. The van der Waals surface area contributed by atoms with Crippen LogP contribution >= 0.6 is 0 Å². The van der Waals surface area contributed by atoms with Crippen LogP contribution in [-0.2, 0) is 0 Å². The molecule has 4 heteroatoms. The highest BCUT2D eigenvalue weighted by molar-refractivity contribution is 5.64. The molecule has 1 rings (SSSR count). The lowest BCUT2D eigenvalue weighted by molar-refractivity contribution is 1.12. The quantitative estimate of drug-likeness (QED) is 0.653. The third kappa shape index (κ3) is 1.82. The van der Waals surface area contributed by atoms with Crippen molar-refractivity contribution >= 4 is 11.9 Å². The van der Waals surface area contributed by atoms with Crippen LogP contribution in [-0.4, -0.2) is 11.2 Å². The number of nitrogens with zero attached hydrogens (tertiary/aromatic N) is 2. The Morgan fingerprint density at radius 2 is 2.38 bits per heavy atom. The number of aliphatic imine (C=N–C) groups is 1. The Kier molecular flexibility index (Phi) is 2.60. The van der Waals surface area contributed by atoms with Crippen LogP contribution in [0.15, 0.2) is 15.9 Å². The van der Waals surface area contributed by atoms with Gasteiger partial charge in [-0.3, -0.25) is 9.79 Å². The highest BCUT2D eigenvalue weighted by Crippen LogP contribution is 2.14. The molecule has 4 nitrogen and oxygen atoms in total. The van der Waals surface area contributed by atoms with Gasteiger partial charge in [0.1, 0.15) is 11.6 Å². The molecule has 0 amide bonds. The molecule has 0 aromatic carbocycles. The average Bonchev–Trinajstić information content (AvgIpc) is 2.04. The molecule has 0 fully saturated rings. The zero-order chi connectivity index (χ0) is 9.84. The van der Waals surface area contributed by atoms with Gasteiger partial charge >= 0.3 is 0 Å².